The molecule has 0 radical (unpaired) electrons. The average Bonchev–Trinajstić information content (AvgIpc) is 2.67. The normalized spacial score (nSPS) is 11.8. The smallest absolute Gasteiger partial charge is 0.164 e. The van der Waals surface area contributed by atoms with Gasteiger partial charge >= 0.3 is 0 Å². The predicted octanol–water partition coefficient (Wildman–Crippen LogP) is 5.62. The molecule has 146 valence electrons. The van der Waals surface area contributed by atoms with Crippen molar-refractivity contribution < 1.29 is 9.13 Å². The predicted molar refractivity (Wildman–Crippen MR) is 120 cm³/mol. The van der Waals surface area contributed by atoms with Gasteiger partial charge < -0.3 is 0 Å². The maximum atomic E-state index is 2.36. The zero-order valence-electron chi connectivity index (χ0n) is 18.3. The molecule has 0 saturated heterocycles. The van der Waals surface area contributed by atoms with Crippen LogP contribution in [-0.2, 0) is 5.41 Å². The van der Waals surface area contributed by atoms with E-state index in [4.69, 9.17) is 0 Å². The number of fused-ring (bicyclic) bond motifs is 1. The van der Waals surface area contributed by atoms with E-state index in [-0.39, 0.29) is 5.41 Å². The Morgan fingerprint density at radius 3 is 1.93 bits per heavy atom. The molecule has 2 aromatic heterocycles. The van der Waals surface area contributed by atoms with Crippen LogP contribution in [-0.4, -0.2) is 0 Å². The minimum atomic E-state index is 0.0613. The molecule has 0 aliphatic heterocycles. The van der Waals surface area contributed by atoms with Crippen LogP contribution in [0.3, 0.4) is 0 Å². The Balaban J connectivity index is 2.05. The molecule has 0 fully saturated rings. The molecule has 0 N–H and O–H groups in total. The second kappa shape index (κ2) is 7.11. The van der Waals surface area contributed by atoms with Crippen molar-refractivity contribution in [3.8, 4) is 11.4 Å². The van der Waals surface area contributed by atoms with E-state index >= 15 is 0 Å². The van der Waals surface area contributed by atoms with E-state index in [0.29, 0.717) is 0 Å². The van der Waals surface area contributed by atoms with Gasteiger partial charge in [0.15, 0.2) is 23.8 Å². The van der Waals surface area contributed by atoms with Gasteiger partial charge in [-0.25, -0.2) is 0 Å². The van der Waals surface area contributed by atoms with Crippen LogP contribution in [0.25, 0.3) is 22.1 Å². The van der Waals surface area contributed by atoms with Gasteiger partial charge in [0, 0.05) is 49.6 Å². The zero-order valence-corrected chi connectivity index (χ0v) is 18.3. The molecule has 0 aliphatic carbocycles. The molecule has 0 bridgehead atoms. The van der Waals surface area contributed by atoms with Crippen molar-refractivity contribution in [2.24, 2.45) is 0 Å². The second-order valence-corrected chi connectivity index (χ2v) is 9.02. The van der Waals surface area contributed by atoms with E-state index in [1.807, 2.05) is 0 Å². The van der Waals surface area contributed by atoms with Crippen LogP contribution in [0.5, 0.6) is 0 Å². The highest BCUT2D eigenvalue weighted by molar-refractivity contribution is 5.81. The summed E-state index contributed by atoms with van der Waals surface area (Å²) < 4.78 is 4.64. The van der Waals surface area contributed by atoms with E-state index in [1.165, 1.54) is 44.7 Å². The summed E-state index contributed by atoms with van der Waals surface area (Å²) in [6.45, 7) is 13.4. The standard InChI is InChI=1S/C27H30N2/c1-19-11-9-10-14-28(19)25-16-24(27(4,5)6)17-26(21(25)3)29-18-23-13-8-7-12-22(23)15-20(29)2/h7-18H,1-6H3/q+2. The molecule has 2 aromatic carbocycles. The van der Waals surface area contributed by atoms with Gasteiger partial charge in [0.2, 0.25) is 11.4 Å². The maximum absolute atomic E-state index is 2.36. The van der Waals surface area contributed by atoms with Crippen LogP contribution in [0.4, 0.5) is 0 Å². The van der Waals surface area contributed by atoms with E-state index in [0.717, 1.165) is 0 Å². The SMILES string of the molecule is Cc1c(-[n+]2ccccc2C)cc(C(C)(C)C)cc1-[n+]1cc2ccccc2cc1C. The van der Waals surface area contributed by atoms with Crippen LogP contribution < -0.4 is 9.13 Å². The van der Waals surface area contributed by atoms with Crippen molar-refractivity contribution in [2.75, 3.05) is 0 Å². The van der Waals surface area contributed by atoms with Gasteiger partial charge in [-0.3, -0.25) is 0 Å². The van der Waals surface area contributed by atoms with Crippen molar-refractivity contribution >= 4 is 10.8 Å². The summed E-state index contributed by atoms with van der Waals surface area (Å²) in [4.78, 5) is 0. The van der Waals surface area contributed by atoms with Gasteiger partial charge in [-0.2, -0.15) is 9.13 Å². The highest BCUT2D eigenvalue weighted by Gasteiger charge is 2.27. The molecule has 2 nitrogen and oxygen atoms in total. The number of rotatable bonds is 2. The quantitative estimate of drug-likeness (QED) is 0.398. The van der Waals surface area contributed by atoms with Crippen LogP contribution in [0.15, 0.2) is 73.1 Å². The van der Waals surface area contributed by atoms with Crippen molar-refractivity contribution in [3.05, 3.63) is 95.6 Å². The molecule has 0 atom stereocenters. The highest BCUT2D eigenvalue weighted by atomic mass is 15.0. The zero-order chi connectivity index (χ0) is 20.8. The van der Waals surface area contributed by atoms with E-state index < -0.39 is 0 Å². The van der Waals surface area contributed by atoms with Crippen LogP contribution in [0, 0.1) is 20.8 Å². The molecule has 0 spiro atoms. The third kappa shape index (κ3) is 3.55. The van der Waals surface area contributed by atoms with Crippen LogP contribution in [0.2, 0.25) is 0 Å². The Bertz CT molecular complexity index is 1210. The summed E-state index contributed by atoms with van der Waals surface area (Å²) in [5.41, 5.74) is 7.62. The van der Waals surface area contributed by atoms with Crippen molar-refractivity contribution in [1.82, 2.24) is 0 Å². The molecular weight excluding hydrogens is 352 g/mol. The summed E-state index contributed by atoms with van der Waals surface area (Å²) in [5.74, 6) is 0. The summed E-state index contributed by atoms with van der Waals surface area (Å²) in [5, 5.41) is 2.53. The number of aromatic nitrogens is 2. The number of aryl methyl sites for hydroxylation is 2. The first-order chi connectivity index (χ1) is 13.8. The fraction of sp³-hybridized carbons (Fsp3) is 0.259. The fourth-order valence-corrected chi connectivity index (χ4v) is 3.97. The first-order valence-electron chi connectivity index (χ1n) is 10.3. The lowest BCUT2D eigenvalue weighted by atomic mass is 9.85. The van der Waals surface area contributed by atoms with Crippen molar-refractivity contribution in [3.63, 3.8) is 0 Å². The number of hydrogen-bond donors (Lipinski definition) is 0. The van der Waals surface area contributed by atoms with Gasteiger partial charge in [0.05, 0.1) is 5.56 Å². The Kier molecular flexibility index (Phi) is 4.74. The van der Waals surface area contributed by atoms with Gasteiger partial charge in [0.25, 0.3) is 0 Å². The van der Waals surface area contributed by atoms with Crippen molar-refractivity contribution in [2.45, 2.75) is 47.0 Å². The first-order valence-corrected chi connectivity index (χ1v) is 10.3. The van der Waals surface area contributed by atoms with E-state index in [1.54, 1.807) is 0 Å². The highest BCUT2D eigenvalue weighted by Crippen LogP contribution is 2.28. The van der Waals surface area contributed by atoms with Gasteiger partial charge in [-0.05, 0) is 29.4 Å². The van der Waals surface area contributed by atoms with Gasteiger partial charge in [0.1, 0.15) is 0 Å². The van der Waals surface area contributed by atoms with Gasteiger partial charge in [-0.15, -0.1) is 0 Å². The second-order valence-electron chi connectivity index (χ2n) is 9.02. The van der Waals surface area contributed by atoms with Crippen molar-refractivity contribution in [1.29, 1.82) is 0 Å². The summed E-state index contributed by atoms with van der Waals surface area (Å²) in [7, 11) is 0. The molecule has 0 saturated carbocycles. The fourth-order valence-electron chi connectivity index (χ4n) is 3.97. The number of hydrogen-bond acceptors (Lipinski definition) is 0. The third-order valence-electron chi connectivity index (χ3n) is 5.81. The Morgan fingerprint density at radius 2 is 1.28 bits per heavy atom. The molecular formula is C27H30N2+2. The minimum Gasteiger partial charge on any atom is -0.164 e. The number of pyridine rings is 2. The summed E-state index contributed by atoms with van der Waals surface area (Å²) in [6.07, 6.45) is 4.43. The number of nitrogens with zero attached hydrogens (tertiary/aromatic N) is 2. The molecule has 0 unspecified atom stereocenters. The first kappa shape index (κ1) is 19.3. The largest absolute Gasteiger partial charge is 0.220 e. The maximum Gasteiger partial charge on any atom is 0.220 e. The topological polar surface area (TPSA) is 7.76 Å². The van der Waals surface area contributed by atoms with Crippen LogP contribution >= 0.6 is 0 Å². The lowest BCUT2D eigenvalue weighted by Crippen LogP contribution is -2.39. The van der Waals surface area contributed by atoms with E-state index in [9.17, 15) is 0 Å². The molecule has 0 amide bonds. The molecule has 2 heterocycles. The Labute approximate surface area is 174 Å². The third-order valence-corrected chi connectivity index (χ3v) is 5.81. The lowest BCUT2D eigenvalue weighted by molar-refractivity contribution is -0.611. The van der Waals surface area contributed by atoms with E-state index in [2.05, 4.69) is 124 Å². The Hall–Kier alpha value is -3.00. The molecule has 2 heteroatoms. The minimum absolute atomic E-state index is 0.0613. The molecule has 4 rings (SSSR count). The molecule has 0 aliphatic rings. The monoisotopic (exact) mass is 382 g/mol. The Morgan fingerprint density at radius 1 is 0.655 bits per heavy atom. The molecule has 29 heavy (non-hydrogen) atoms. The summed E-state index contributed by atoms with van der Waals surface area (Å²) >= 11 is 0. The summed E-state index contributed by atoms with van der Waals surface area (Å²) in [6, 6.07) is 21.9. The van der Waals surface area contributed by atoms with Gasteiger partial charge in [-0.1, -0.05) is 45.0 Å². The molecule has 4 aromatic rings. The average molecular weight is 383 g/mol. The van der Waals surface area contributed by atoms with Crippen LogP contribution in [0.1, 0.15) is 43.3 Å². The number of benzene rings is 2. The lowest BCUT2D eigenvalue weighted by Gasteiger charge is -2.20.